The lowest BCUT2D eigenvalue weighted by atomic mass is 10.1. The highest BCUT2D eigenvalue weighted by atomic mass is 32.2. The van der Waals surface area contributed by atoms with E-state index in [1.165, 1.54) is 12.1 Å². The average Bonchev–Trinajstić information content (AvgIpc) is 3.39. The van der Waals surface area contributed by atoms with E-state index in [0.29, 0.717) is 0 Å². The van der Waals surface area contributed by atoms with E-state index in [9.17, 15) is 13.2 Å². The monoisotopic (exact) mass is 460 g/mol. The third-order valence-electron chi connectivity index (χ3n) is 5.26. The van der Waals surface area contributed by atoms with Crippen LogP contribution in [0, 0.1) is 0 Å². The van der Waals surface area contributed by atoms with Gasteiger partial charge in [-0.2, -0.15) is 0 Å². The number of hydrogen-bond acceptors (Lipinski definition) is 4. The Bertz CT molecular complexity index is 1320. The van der Waals surface area contributed by atoms with Crippen molar-refractivity contribution in [2.75, 3.05) is 0 Å². The first-order valence-corrected chi connectivity index (χ1v) is 11.9. The van der Waals surface area contributed by atoms with Gasteiger partial charge < -0.3 is 9.88 Å². The van der Waals surface area contributed by atoms with Crippen LogP contribution >= 0.6 is 0 Å². The van der Waals surface area contributed by atoms with Gasteiger partial charge in [0.25, 0.3) is 5.91 Å². The Labute approximate surface area is 193 Å². The molecule has 7 nitrogen and oxygen atoms in total. The van der Waals surface area contributed by atoms with Gasteiger partial charge in [0.05, 0.1) is 17.3 Å². The second kappa shape index (κ2) is 9.81. The van der Waals surface area contributed by atoms with Crippen LogP contribution in [0.25, 0.3) is 5.69 Å². The first-order chi connectivity index (χ1) is 15.9. The standard InChI is InChI=1S/C25H24N4O3S/c1-19(21-10-12-23(13-11-21)29-15-14-26-18-29)28-25(30)22-8-5-9-24(16-22)33(31,32)27-17-20-6-3-2-4-7-20/h2-16,18-19,27H,17H2,1H3,(H,28,30)/t19-/m0/s1. The average molecular weight is 461 g/mol. The second-order valence-electron chi connectivity index (χ2n) is 7.59. The molecule has 1 amide bonds. The van der Waals surface area contributed by atoms with Gasteiger partial charge in [-0.15, -0.1) is 0 Å². The quantitative estimate of drug-likeness (QED) is 0.418. The molecule has 168 valence electrons. The van der Waals surface area contributed by atoms with Crippen molar-refractivity contribution in [3.8, 4) is 5.69 Å². The lowest BCUT2D eigenvalue weighted by Crippen LogP contribution is -2.27. The summed E-state index contributed by atoms with van der Waals surface area (Å²) in [5.74, 6) is -0.346. The number of carbonyl (C=O) groups excluding carboxylic acids is 1. The summed E-state index contributed by atoms with van der Waals surface area (Å²) in [6.45, 7) is 2.05. The van der Waals surface area contributed by atoms with Crippen LogP contribution in [-0.2, 0) is 16.6 Å². The molecule has 0 spiro atoms. The normalized spacial score (nSPS) is 12.3. The molecule has 0 aliphatic carbocycles. The Hall–Kier alpha value is -3.75. The number of sulfonamides is 1. The van der Waals surface area contributed by atoms with Crippen LogP contribution in [-0.4, -0.2) is 23.9 Å². The summed E-state index contributed by atoms with van der Waals surface area (Å²) in [6.07, 6.45) is 5.29. The van der Waals surface area contributed by atoms with Gasteiger partial charge in [-0.05, 0) is 48.4 Å². The Kier molecular flexibility index (Phi) is 6.67. The highest BCUT2D eigenvalue weighted by Crippen LogP contribution is 2.18. The fourth-order valence-electron chi connectivity index (χ4n) is 3.37. The van der Waals surface area contributed by atoms with Crippen molar-refractivity contribution in [1.82, 2.24) is 19.6 Å². The van der Waals surface area contributed by atoms with Gasteiger partial charge in [0.15, 0.2) is 0 Å². The molecular formula is C25H24N4O3S. The van der Waals surface area contributed by atoms with E-state index in [0.717, 1.165) is 16.8 Å². The maximum absolute atomic E-state index is 12.8. The zero-order valence-corrected chi connectivity index (χ0v) is 18.9. The van der Waals surface area contributed by atoms with Crippen molar-refractivity contribution < 1.29 is 13.2 Å². The zero-order chi connectivity index (χ0) is 23.3. The predicted molar refractivity (Wildman–Crippen MR) is 126 cm³/mol. The molecule has 1 atom stereocenters. The van der Waals surface area contributed by atoms with Crippen molar-refractivity contribution in [1.29, 1.82) is 0 Å². The molecule has 4 aromatic rings. The predicted octanol–water partition coefficient (Wildman–Crippen LogP) is 3.84. The minimum atomic E-state index is -3.76. The molecule has 0 unspecified atom stereocenters. The smallest absolute Gasteiger partial charge is 0.251 e. The molecule has 0 saturated heterocycles. The van der Waals surface area contributed by atoms with Crippen LogP contribution in [0.4, 0.5) is 0 Å². The first-order valence-electron chi connectivity index (χ1n) is 10.5. The fourth-order valence-corrected chi connectivity index (χ4v) is 4.44. The minimum Gasteiger partial charge on any atom is -0.346 e. The summed E-state index contributed by atoms with van der Waals surface area (Å²) in [4.78, 5) is 16.9. The van der Waals surface area contributed by atoms with Gasteiger partial charge in [0.1, 0.15) is 0 Å². The maximum atomic E-state index is 12.8. The highest BCUT2D eigenvalue weighted by molar-refractivity contribution is 7.89. The van der Waals surface area contributed by atoms with Gasteiger partial charge >= 0.3 is 0 Å². The molecule has 4 rings (SSSR count). The van der Waals surface area contributed by atoms with Crippen LogP contribution in [0.3, 0.4) is 0 Å². The molecule has 1 aromatic heterocycles. The molecule has 0 saturated carbocycles. The van der Waals surface area contributed by atoms with Crippen LogP contribution < -0.4 is 10.0 Å². The zero-order valence-electron chi connectivity index (χ0n) is 18.0. The van der Waals surface area contributed by atoms with Crippen LogP contribution in [0.5, 0.6) is 0 Å². The van der Waals surface area contributed by atoms with Crippen molar-refractivity contribution >= 4 is 15.9 Å². The van der Waals surface area contributed by atoms with E-state index in [1.54, 1.807) is 24.7 Å². The van der Waals surface area contributed by atoms with Gasteiger partial charge in [0.2, 0.25) is 10.0 Å². The van der Waals surface area contributed by atoms with E-state index < -0.39 is 10.0 Å². The Morgan fingerprint density at radius 2 is 1.76 bits per heavy atom. The van der Waals surface area contributed by atoms with Crippen molar-refractivity contribution in [3.63, 3.8) is 0 Å². The molecule has 0 aliphatic rings. The number of rotatable bonds is 8. The summed E-state index contributed by atoms with van der Waals surface area (Å²) >= 11 is 0. The van der Waals surface area contributed by atoms with E-state index in [-0.39, 0.29) is 29.0 Å². The summed E-state index contributed by atoms with van der Waals surface area (Å²) in [5.41, 5.74) is 3.03. The van der Waals surface area contributed by atoms with Crippen LogP contribution in [0.2, 0.25) is 0 Å². The molecule has 8 heteroatoms. The van der Waals surface area contributed by atoms with E-state index in [4.69, 9.17) is 0 Å². The summed E-state index contributed by atoms with van der Waals surface area (Å²) < 4.78 is 29.9. The van der Waals surface area contributed by atoms with Gasteiger partial charge in [-0.25, -0.2) is 18.1 Å². The fraction of sp³-hybridized carbons (Fsp3) is 0.120. The SMILES string of the molecule is C[C@H](NC(=O)c1cccc(S(=O)(=O)NCc2ccccc2)c1)c1ccc(-n2ccnc2)cc1. The van der Waals surface area contributed by atoms with Gasteiger partial charge in [-0.3, -0.25) is 4.79 Å². The van der Waals surface area contributed by atoms with Gasteiger partial charge in [0, 0.05) is 30.2 Å². The number of hydrogen-bond donors (Lipinski definition) is 2. The maximum Gasteiger partial charge on any atom is 0.251 e. The molecule has 0 radical (unpaired) electrons. The number of benzene rings is 3. The number of nitrogens with one attached hydrogen (secondary N) is 2. The molecule has 1 heterocycles. The number of carbonyl (C=O) groups is 1. The van der Waals surface area contributed by atoms with Crippen molar-refractivity contribution in [2.24, 2.45) is 0 Å². The summed E-state index contributed by atoms with van der Waals surface area (Å²) in [7, 11) is -3.76. The summed E-state index contributed by atoms with van der Waals surface area (Å²) in [5, 5.41) is 2.93. The third kappa shape index (κ3) is 5.54. The molecular weight excluding hydrogens is 436 g/mol. The molecule has 0 aliphatic heterocycles. The van der Waals surface area contributed by atoms with E-state index in [1.807, 2.05) is 72.3 Å². The molecule has 0 bridgehead atoms. The van der Waals surface area contributed by atoms with E-state index >= 15 is 0 Å². The third-order valence-corrected chi connectivity index (χ3v) is 6.66. The van der Waals surface area contributed by atoms with Crippen molar-refractivity contribution in [3.05, 3.63) is 114 Å². The van der Waals surface area contributed by atoms with Crippen LogP contribution in [0.1, 0.15) is 34.5 Å². The number of aromatic nitrogens is 2. The largest absolute Gasteiger partial charge is 0.346 e. The Morgan fingerprint density at radius 1 is 1.00 bits per heavy atom. The number of nitrogens with zero attached hydrogens (tertiary/aromatic N) is 2. The molecule has 3 aromatic carbocycles. The first kappa shape index (κ1) is 22.4. The van der Waals surface area contributed by atoms with Crippen LogP contribution in [0.15, 0.2) is 102 Å². The molecule has 2 N–H and O–H groups in total. The topological polar surface area (TPSA) is 93.1 Å². The lowest BCUT2D eigenvalue weighted by molar-refractivity contribution is 0.0939. The number of imidazole rings is 1. The van der Waals surface area contributed by atoms with E-state index in [2.05, 4.69) is 15.0 Å². The summed E-state index contributed by atoms with van der Waals surface area (Å²) in [6, 6.07) is 22.8. The van der Waals surface area contributed by atoms with Gasteiger partial charge in [-0.1, -0.05) is 48.5 Å². The number of amides is 1. The molecule has 0 fully saturated rings. The highest BCUT2D eigenvalue weighted by Gasteiger charge is 2.17. The lowest BCUT2D eigenvalue weighted by Gasteiger charge is -2.15. The minimum absolute atomic E-state index is 0.0448. The Morgan fingerprint density at radius 3 is 2.45 bits per heavy atom. The second-order valence-corrected chi connectivity index (χ2v) is 9.36. The Balaban J connectivity index is 1.42. The molecule has 33 heavy (non-hydrogen) atoms. The van der Waals surface area contributed by atoms with Crippen molar-refractivity contribution in [2.45, 2.75) is 24.4 Å².